The highest BCUT2D eigenvalue weighted by Crippen LogP contribution is 2.28. The summed E-state index contributed by atoms with van der Waals surface area (Å²) in [5, 5.41) is 14.1. The van der Waals surface area contributed by atoms with E-state index in [0.29, 0.717) is 19.4 Å². The first-order valence-electron chi connectivity index (χ1n) is 6.41. The molecule has 1 aliphatic rings. The summed E-state index contributed by atoms with van der Waals surface area (Å²) in [7, 11) is -3.68. The van der Waals surface area contributed by atoms with Crippen molar-refractivity contribution >= 4 is 21.7 Å². The number of rotatable bonds is 3. The maximum Gasteiger partial charge on any atom is 0.306 e. The lowest BCUT2D eigenvalue weighted by molar-refractivity contribution is -0.142. The number of carboxylic acids is 1. The maximum atomic E-state index is 11.2. The van der Waals surface area contributed by atoms with E-state index >= 15 is 0 Å². The highest BCUT2D eigenvalue weighted by Gasteiger charge is 2.29. The van der Waals surface area contributed by atoms with Crippen molar-refractivity contribution in [2.75, 3.05) is 11.4 Å². The van der Waals surface area contributed by atoms with Gasteiger partial charge in [0, 0.05) is 18.3 Å². The summed E-state index contributed by atoms with van der Waals surface area (Å²) in [6.07, 6.45) is 1.18. The molecule has 1 heterocycles. The van der Waals surface area contributed by atoms with Crippen LogP contribution in [-0.4, -0.2) is 32.1 Å². The molecule has 110 valence electrons. The predicted octanol–water partition coefficient (Wildman–Crippen LogP) is 1.02. The van der Waals surface area contributed by atoms with Crippen LogP contribution in [0.1, 0.15) is 19.8 Å². The molecular formula is C13H18N2O4S. The fraction of sp³-hybridized carbons (Fsp3) is 0.462. The van der Waals surface area contributed by atoms with E-state index in [4.69, 9.17) is 10.2 Å². The molecule has 2 unspecified atom stereocenters. The molecule has 7 heteroatoms. The normalized spacial score (nSPS) is 23.6. The van der Waals surface area contributed by atoms with E-state index in [1.165, 1.54) is 12.1 Å². The molecular weight excluding hydrogens is 280 g/mol. The average Bonchev–Trinajstić information content (AvgIpc) is 2.37. The van der Waals surface area contributed by atoms with Crippen molar-refractivity contribution in [1.29, 1.82) is 0 Å². The van der Waals surface area contributed by atoms with Gasteiger partial charge in [0.2, 0.25) is 10.0 Å². The average molecular weight is 298 g/mol. The number of benzene rings is 1. The molecule has 3 N–H and O–H groups in total. The molecule has 0 aromatic heterocycles. The Kier molecular flexibility index (Phi) is 4.01. The molecule has 1 aromatic carbocycles. The first-order valence-corrected chi connectivity index (χ1v) is 7.96. The van der Waals surface area contributed by atoms with Crippen LogP contribution in [0, 0.1) is 5.92 Å². The van der Waals surface area contributed by atoms with Crippen LogP contribution in [0.2, 0.25) is 0 Å². The number of carbonyl (C=O) groups is 1. The fourth-order valence-electron chi connectivity index (χ4n) is 2.61. The van der Waals surface area contributed by atoms with E-state index in [1.54, 1.807) is 12.1 Å². The Morgan fingerprint density at radius 2 is 1.95 bits per heavy atom. The van der Waals surface area contributed by atoms with Gasteiger partial charge in [-0.2, -0.15) is 0 Å². The van der Waals surface area contributed by atoms with Crippen molar-refractivity contribution < 1.29 is 18.3 Å². The molecule has 1 aromatic rings. The van der Waals surface area contributed by atoms with Gasteiger partial charge in [-0.3, -0.25) is 4.79 Å². The van der Waals surface area contributed by atoms with E-state index in [0.717, 1.165) is 5.69 Å². The van der Waals surface area contributed by atoms with E-state index in [2.05, 4.69) is 4.90 Å². The van der Waals surface area contributed by atoms with Crippen LogP contribution in [0.4, 0.5) is 5.69 Å². The van der Waals surface area contributed by atoms with E-state index in [9.17, 15) is 13.2 Å². The second-order valence-electron chi connectivity index (χ2n) is 5.14. The third kappa shape index (κ3) is 3.10. The van der Waals surface area contributed by atoms with Gasteiger partial charge in [-0.05, 0) is 44.0 Å². The van der Waals surface area contributed by atoms with Crippen LogP contribution >= 0.6 is 0 Å². The summed E-state index contributed by atoms with van der Waals surface area (Å²) in [6, 6.07) is 6.46. The first-order chi connectivity index (χ1) is 9.29. The Hall–Kier alpha value is -1.60. The molecule has 6 nitrogen and oxygen atoms in total. The lowest BCUT2D eigenvalue weighted by atomic mass is 9.91. The van der Waals surface area contributed by atoms with Crippen molar-refractivity contribution in [1.82, 2.24) is 0 Å². The lowest BCUT2D eigenvalue weighted by Gasteiger charge is -2.38. The fourth-order valence-corrected chi connectivity index (χ4v) is 3.12. The van der Waals surface area contributed by atoms with E-state index in [-0.39, 0.29) is 16.9 Å². The first kappa shape index (κ1) is 14.8. The zero-order chi connectivity index (χ0) is 14.9. The molecule has 0 radical (unpaired) electrons. The van der Waals surface area contributed by atoms with Gasteiger partial charge in [-0.15, -0.1) is 0 Å². The van der Waals surface area contributed by atoms with Gasteiger partial charge < -0.3 is 10.0 Å². The largest absolute Gasteiger partial charge is 0.481 e. The highest BCUT2D eigenvalue weighted by molar-refractivity contribution is 7.89. The highest BCUT2D eigenvalue weighted by atomic mass is 32.2. The second-order valence-corrected chi connectivity index (χ2v) is 6.70. The van der Waals surface area contributed by atoms with Crippen LogP contribution in [0.5, 0.6) is 0 Å². The third-order valence-electron chi connectivity index (χ3n) is 3.72. The summed E-state index contributed by atoms with van der Waals surface area (Å²) in [4.78, 5) is 13.2. The number of carboxylic acid groups (broad SMARTS) is 1. The minimum atomic E-state index is -3.68. The predicted molar refractivity (Wildman–Crippen MR) is 75.0 cm³/mol. The number of aliphatic carboxylic acids is 1. The van der Waals surface area contributed by atoms with Crippen molar-refractivity contribution in [3.63, 3.8) is 0 Å². The number of nitrogens with zero attached hydrogens (tertiary/aromatic N) is 1. The van der Waals surface area contributed by atoms with Crippen molar-refractivity contribution in [2.45, 2.75) is 30.7 Å². The Labute approximate surface area is 118 Å². The van der Waals surface area contributed by atoms with E-state index in [1.807, 2.05) is 6.92 Å². The molecule has 0 bridgehead atoms. The quantitative estimate of drug-likeness (QED) is 0.867. The van der Waals surface area contributed by atoms with Gasteiger partial charge in [0.15, 0.2) is 0 Å². The molecule has 0 saturated carbocycles. The number of nitrogens with two attached hydrogens (primary N) is 1. The number of hydrogen-bond donors (Lipinski definition) is 2. The van der Waals surface area contributed by atoms with Gasteiger partial charge >= 0.3 is 5.97 Å². The Morgan fingerprint density at radius 3 is 2.40 bits per heavy atom. The number of hydrogen-bond acceptors (Lipinski definition) is 4. The number of primary sulfonamides is 1. The minimum Gasteiger partial charge on any atom is -0.481 e. The lowest BCUT2D eigenvalue weighted by Crippen LogP contribution is -2.42. The topological polar surface area (TPSA) is 101 Å². The molecule has 1 fully saturated rings. The van der Waals surface area contributed by atoms with Crippen LogP contribution in [0.15, 0.2) is 29.2 Å². The second kappa shape index (κ2) is 5.41. The maximum absolute atomic E-state index is 11.2. The summed E-state index contributed by atoms with van der Waals surface area (Å²) < 4.78 is 22.4. The van der Waals surface area contributed by atoms with Crippen LogP contribution in [-0.2, 0) is 14.8 Å². The molecule has 2 atom stereocenters. The molecule has 0 aliphatic carbocycles. The van der Waals surface area contributed by atoms with Crippen molar-refractivity contribution in [2.24, 2.45) is 11.1 Å². The Morgan fingerprint density at radius 1 is 1.35 bits per heavy atom. The third-order valence-corrected chi connectivity index (χ3v) is 4.65. The summed E-state index contributed by atoms with van der Waals surface area (Å²) >= 11 is 0. The number of sulfonamides is 1. The van der Waals surface area contributed by atoms with Crippen molar-refractivity contribution in [3.8, 4) is 0 Å². The molecule has 0 spiro atoms. The monoisotopic (exact) mass is 298 g/mol. The molecule has 1 saturated heterocycles. The standard InChI is InChI=1S/C13H18N2O4S/c1-9-8-10(13(16)17)6-7-15(9)11-2-4-12(5-3-11)20(14,18)19/h2-5,9-10H,6-8H2,1H3,(H,16,17)(H2,14,18,19). The minimum absolute atomic E-state index is 0.0781. The van der Waals surface area contributed by atoms with Crippen LogP contribution in [0.3, 0.4) is 0 Å². The Balaban J connectivity index is 2.15. The van der Waals surface area contributed by atoms with Crippen LogP contribution in [0.25, 0.3) is 0 Å². The SMILES string of the molecule is CC1CC(C(=O)O)CCN1c1ccc(S(N)(=O)=O)cc1. The number of anilines is 1. The molecule has 2 rings (SSSR count). The smallest absolute Gasteiger partial charge is 0.306 e. The molecule has 0 amide bonds. The van der Waals surface area contributed by atoms with Crippen LogP contribution < -0.4 is 10.0 Å². The number of piperidine rings is 1. The molecule has 20 heavy (non-hydrogen) atoms. The van der Waals surface area contributed by atoms with Gasteiger partial charge in [0.25, 0.3) is 0 Å². The molecule has 1 aliphatic heterocycles. The van der Waals surface area contributed by atoms with Gasteiger partial charge in [0.05, 0.1) is 10.8 Å². The van der Waals surface area contributed by atoms with Gasteiger partial charge in [0.1, 0.15) is 0 Å². The summed E-state index contributed by atoms with van der Waals surface area (Å²) in [5.41, 5.74) is 0.883. The van der Waals surface area contributed by atoms with E-state index < -0.39 is 16.0 Å². The Bertz CT molecular complexity index is 597. The zero-order valence-electron chi connectivity index (χ0n) is 11.2. The van der Waals surface area contributed by atoms with Gasteiger partial charge in [-0.25, -0.2) is 13.6 Å². The van der Waals surface area contributed by atoms with Gasteiger partial charge in [-0.1, -0.05) is 0 Å². The summed E-state index contributed by atoms with van der Waals surface area (Å²) in [6.45, 7) is 2.62. The summed E-state index contributed by atoms with van der Waals surface area (Å²) in [5.74, 6) is -1.05. The zero-order valence-corrected chi connectivity index (χ0v) is 12.0. The van der Waals surface area contributed by atoms with Crippen molar-refractivity contribution in [3.05, 3.63) is 24.3 Å².